The molecular formula is C14H14Cl2N4O2S. The van der Waals surface area contributed by atoms with E-state index >= 15 is 0 Å². The molecule has 2 rings (SSSR count). The summed E-state index contributed by atoms with van der Waals surface area (Å²) in [6.45, 7) is 0. The molecule has 6 nitrogen and oxygen atoms in total. The third kappa shape index (κ3) is 4.70. The van der Waals surface area contributed by atoms with Crippen molar-refractivity contribution in [2.45, 2.75) is 18.0 Å². The number of aromatic nitrogens is 3. The summed E-state index contributed by atoms with van der Waals surface area (Å²) in [5.41, 5.74) is 5.61. The highest BCUT2D eigenvalue weighted by Gasteiger charge is 2.14. The summed E-state index contributed by atoms with van der Waals surface area (Å²) in [4.78, 5) is 23.0. The van der Waals surface area contributed by atoms with E-state index in [1.54, 1.807) is 29.8 Å². The van der Waals surface area contributed by atoms with E-state index in [1.165, 1.54) is 11.8 Å². The van der Waals surface area contributed by atoms with E-state index in [4.69, 9.17) is 28.9 Å². The number of nitrogens with two attached hydrogens (primary N) is 1. The first-order chi connectivity index (χ1) is 10.9. The standard InChI is InChI=1S/C14H14Cl2N4O2S/c1-20-13(5-4-12(17)22)18-19-14(20)23-7-11(21)8-2-3-9(15)10(16)6-8/h2-3,6H,4-5,7H2,1H3,(H2,17,22). The van der Waals surface area contributed by atoms with Crippen molar-refractivity contribution in [3.8, 4) is 0 Å². The molecule has 0 saturated carbocycles. The monoisotopic (exact) mass is 372 g/mol. The number of carbonyl (C=O) groups is 2. The van der Waals surface area contributed by atoms with Crippen LogP contribution in [0.3, 0.4) is 0 Å². The molecule has 0 saturated heterocycles. The molecule has 0 radical (unpaired) electrons. The molecule has 0 aliphatic carbocycles. The lowest BCUT2D eigenvalue weighted by molar-refractivity contribution is -0.118. The SMILES string of the molecule is Cn1c(CCC(N)=O)nnc1SCC(=O)c1ccc(Cl)c(Cl)c1. The number of aryl methyl sites for hydroxylation is 1. The van der Waals surface area contributed by atoms with Crippen molar-refractivity contribution in [2.75, 3.05) is 5.75 Å². The van der Waals surface area contributed by atoms with Crippen molar-refractivity contribution in [2.24, 2.45) is 12.8 Å². The van der Waals surface area contributed by atoms with E-state index < -0.39 is 5.91 Å². The number of hydrogen-bond acceptors (Lipinski definition) is 5. The lowest BCUT2D eigenvalue weighted by Crippen LogP contribution is -2.13. The molecule has 0 bridgehead atoms. The number of carbonyl (C=O) groups excluding carboxylic acids is 2. The summed E-state index contributed by atoms with van der Waals surface area (Å²) in [7, 11) is 1.78. The van der Waals surface area contributed by atoms with Crippen LogP contribution >= 0.6 is 35.0 Å². The fourth-order valence-electron chi connectivity index (χ4n) is 1.81. The van der Waals surface area contributed by atoms with E-state index in [0.29, 0.717) is 33.0 Å². The summed E-state index contributed by atoms with van der Waals surface area (Å²) >= 11 is 13.0. The second kappa shape index (κ2) is 7.81. The largest absolute Gasteiger partial charge is 0.370 e. The van der Waals surface area contributed by atoms with Gasteiger partial charge in [-0.2, -0.15) is 0 Å². The van der Waals surface area contributed by atoms with Crippen LogP contribution in [0.25, 0.3) is 0 Å². The Kier molecular flexibility index (Phi) is 6.04. The molecule has 122 valence electrons. The highest BCUT2D eigenvalue weighted by Crippen LogP contribution is 2.24. The number of halogens is 2. The van der Waals surface area contributed by atoms with Gasteiger partial charge in [-0.05, 0) is 18.2 Å². The summed E-state index contributed by atoms with van der Waals surface area (Å²) in [6, 6.07) is 4.76. The molecule has 0 unspecified atom stereocenters. The fourth-order valence-corrected chi connectivity index (χ4v) is 2.93. The van der Waals surface area contributed by atoms with Crippen molar-refractivity contribution in [1.82, 2.24) is 14.8 Å². The Morgan fingerprint density at radius 3 is 2.65 bits per heavy atom. The van der Waals surface area contributed by atoms with Gasteiger partial charge in [0.1, 0.15) is 5.82 Å². The average Bonchev–Trinajstić information content (AvgIpc) is 2.86. The van der Waals surface area contributed by atoms with Gasteiger partial charge in [0.25, 0.3) is 0 Å². The van der Waals surface area contributed by atoms with E-state index in [9.17, 15) is 9.59 Å². The van der Waals surface area contributed by atoms with Crippen molar-refractivity contribution in [1.29, 1.82) is 0 Å². The molecule has 2 N–H and O–H groups in total. The molecule has 1 aromatic heterocycles. The lowest BCUT2D eigenvalue weighted by atomic mass is 10.1. The topological polar surface area (TPSA) is 90.9 Å². The minimum Gasteiger partial charge on any atom is -0.370 e. The third-order valence-corrected chi connectivity index (χ3v) is 4.85. The number of hydrogen-bond donors (Lipinski definition) is 1. The maximum Gasteiger partial charge on any atom is 0.217 e. The molecule has 0 aliphatic heterocycles. The lowest BCUT2D eigenvalue weighted by Gasteiger charge is -2.04. The van der Waals surface area contributed by atoms with Crippen LogP contribution in [0.15, 0.2) is 23.4 Å². The smallest absolute Gasteiger partial charge is 0.217 e. The maximum atomic E-state index is 12.2. The van der Waals surface area contributed by atoms with Crippen LogP contribution in [0.1, 0.15) is 22.6 Å². The first kappa shape index (κ1) is 17.8. The third-order valence-electron chi connectivity index (χ3n) is 3.09. The molecule has 0 aliphatic rings. The van der Waals surface area contributed by atoms with Gasteiger partial charge in [-0.25, -0.2) is 0 Å². The van der Waals surface area contributed by atoms with Crippen LogP contribution in [-0.2, 0) is 18.3 Å². The van der Waals surface area contributed by atoms with Crippen LogP contribution < -0.4 is 5.73 Å². The average molecular weight is 373 g/mol. The van der Waals surface area contributed by atoms with E-state index in [2.05, 4.69) is 10.2 Å². The number of Topliss-reactive ketones (excluding diaryl/α,β-unsaturated/α-hetero) is 1. The Morgan fingerprint density at radius 2 is 2.00 bits per heavy atom. The van der Waals surface area contributed by atoms with Crippen LogP contribution in [0.4, 0.5) is 0 Å². The summed E-state index contributed by atoms with van der Waals surface area (Å²) < 4.78 is 1.75. The molecule has 2 aromatic rings. The number of amides is 1. The van der Waals surface area contributed by atoms with E-state index in [-0.39, 0.29) is 18.0 Å². The Bertz CT molecular complexity index is 748. The second-order valence-electron chi connectivity index (χ2n) is 4.76. The van der Waals surface area contributed by atoms with Gasteiger partial charge in [0.15, 0.2) is 10.9 Å². The van der Waals surface area contributed by atoms with Gasteiger partial charge in [-0.15, -0.1) is 10.2 Å². The number of benzene rings is 1. The van der Waals surface area contributed by atoms with Gasteiger partial charge in [-0.3, -0.25) is 9.59 Å². The molecule has 0 atom stereocenters. The van der Waals surface area contributed by atoms with Crippen molar-refractivity contribution in [3.05, 3.63) is 39.6 Å². The summed E-state index contributed by atoms with van der Waals surface area (Å²) in [5, 5.41) is 9.36. The summed E-state index contributed by atoms with van der Waals surface area (Å²) in [6.07, 6.45) is 0.624. The molecule has 0 fully saturated rings. The fraction of sp³-hybridized carbons (Fsp3) is 0.286. The first-order valence-electron chi connectivity index (χ1n) is 6.66. The van der Waals surface area contributed by atoms with E-state index in [1.807, 2.05) is 0 Å². The highest BCUT2D eigenvalue weighted by molar-refractivity contribution is 7.99. The zero-order chi connectivity index (χ0) is 17.0. The number of primary amides is 1. The highest BCUT2D eigenvalue weighted by atomic mass is 35.5. The normalized spacial score (nSPS) is 10.7. The van der Waals surface area contributed by atoms with Crippen LogP contribution in [0.5, 0.6) is 0 Å². The zero-order valence-corrected chi connectivity index (χ0v) is 14.6. The van der Waals surface area contributed by atoms with Gasteiger partial charge < -0.3 is 10.3 Å². The molecule has 23 heavy (non-hydrogen) atoms. The predicted octanol–water partition coefficient (Wildman–Crippen LogP) is 2.51. The minimum absolute atomic E-state index is 0.0877. The Labute approximate surface area is 147 Å². The van der Waals surface area contributed by atoms with Crippen molar-refractivity contribution in [3.63, 3.8) is 0 Å². The Hall–Kier alpha value is -1.57. The molecular weight excluding hydrogens is 359 g/mol. The number of ketones is 1. The molecule has 1 heterocycles. The zero-order valence-electron chi connectivity index (χ0n) is 12.3. The Morgan fingerprint density at radius 1 is 1.26 bits per heavy atom. The number of thioether (sulfide) groups is 1. The van der Waals surface area contributed by atoms with Gasteiger partial charge in [0, 0.05) is 25.5 Å². The van der Waals surface area contributed by atoms with Crippen molar-refractivity contribution < 1.29 is 9.59 Å². The van der Waals surface area contributed by atoms with Crippen LogP contribution in [0, 0.1) is 0 Å². The predicted molar refractivity (Wildman–Crippen MR) is 90.0 cm³/mol. The first-order valence-corrected chi connectivity index (χ1v) is 8.40. The molecule has 1 amide bonds. The van der Waals surface area contributed by atoms with Crippen LogP contribution in [0.2, 0.25) is 10.0 Å². The molecule has 1 aromatic carbocycles. The molecule has 9 heteroatoms. The van der Waals surface area contributed by atoms with Crippen molar-refractivity contribution >= 4 is 46.7 Å². The van der Waals surface area contributed by atoms with Gasteiger partial charge in [0.2, 0.25) is 5.91 Å². The number of nitrogens with zero attached hydrogens (tertiary/aromatic N) is 3. The number of rotatable bonds is 7. The quantitative estimate of drug-likeness (QED) is 0.595. The van der Waals surface area contributed by atoms with Gasteiger partial charge in [-0.1, -0.05) is 35.0 Å². The second-order valence-corrected chi connectivity index (χ2v) is 6.52. The van der Waals surface area contributed by atoms with Gasteiger partial charge in [0.05, 0.1) is 15.8 Å². The van der Waals surface area contributed by atoms with Gasteiger partial charge >= 0.3 is 0 Å². The minimum atomic E-state index is -0.392. The van der Waals surface area contributed by atoms with E-state index in [0.717, 1.165) is 0 Å². The van der Waals surface area contributed by atoms with Crippen LogP contribution in [-0.4, -0.2) is 32.2 Å². The Balaban J connectivity index is 1.99. The summed E-state index contributed by atoms with van der Waals surface area (Å²) in [5.74, 6) is 0.361. The maximum absolute atomic E-state index is 12.2. The molecule has 0 spiro atoms.